The van der Waals surface area contributed by atoms with Crippen molar-refractivity contribution in [2.45, 2.75) is 31.8 Å². The van der Waals surface area contributed by atoms with Gasteiger partial charge < -0.3 is 5.11 Å². The minimum absolute atomic E-state index is 0.337. The first-order chi connectivity index (χ1) is 11.6. The van der Waals surface area contributed by atoms with Crippen LogP contribution in [0, 0.1) is 17.8 Å². The number of thioether (sulfide) groups is 1. The van der Waals surface area contributed by atoms with Crippen LogP contribution in [0.15, 0.2) is 62.6 Å². The average molecular weight is 338 g/mol. The second-order valence-electron chi connectivity index (χ2n) is 5.86. The second-order valence-corrected chi connectivity index (χ2v) is 6.97. The first-order valence-electron chi connectivity index (χ1n) is 7.90. The molecule has 2 N–H and O–H groups in total. The van der Waals surface area contributed by atoms with Gasteiger partial charge in [0.25, 0.3) is 5.84 Å². The fourth-order valence-electron chi connectivity index (χ4n) is 2.60. The summed E-state index contributed by atoms with van der Waals surface area (Å²) in [5.74, 6) is 7.87. The zero-order valence-corrected chi connectivity index (χ0v) is 14.8. The van der Waals surface area contributed by atoms with Crippen LogP contribution in [0.4, 0.5) is 0 Å². The maximum Gasteiger partial charge on any atom is 0.256 e. The number of benzene rings is 1. The van der Waals surface area contributed by atoms with E-state index in [9.17, 15) is 5.11 Å². The van der Waals surface area contributed by atoms with Crippen molar-refractivity contribution in [3.05, 3.63) is 53.1 Å². The molecular weight excluding hydrogens is 318 g/mol. The molecule has 5 heteroatoms. The Morgan fingerprint density at radius 1 is 1.17 bits per heavy atom. The largest absolute Gasteiger partial charge is 0.376 e. The van der Waals surface area contributed by atoms with Crippen molar-refractivity contribution in [1.29, 1.82) is 0 Å². The van der Waals surface area contributed by atoms with E-state index < -0.39 is 6.10 Å². The Morgan fingerprint density at radius 3 is 2.71 bits per heavy atom. The van der Waals surface area contributed by atoms with Crippen molar-refractivity contribution in [3.63, 3.8) is 0 Å². The summed E-state index contributed by atoms with van der Waals surface area (Å²) < 4.78 is 0. The molecule has 0 bridgehead atoms. The SMILES string of the molecule is CC#CC(O)c1ccccc1SC1=C[NH+]2C(=NN=C2C(C)C)C=C1. The van der Waals surface area contributed by atoms with Crippen LogP contribution >= 0.6 is 11.8 Å². The lowest BCUT2D eigenvalue weighted by molar-refractivity contribution is -0.635. The van der Waals surface area contributed by atoms with Crippen LogP contribution in [-0.2, 0) is 0 Å². The molecule has 1 aromatic rings. The van der Waals surface area contributed by atoms with Gasteiger partial charge in [-0.25, -0.2) is 4.90 Å². The van der Waals surface area contributed by atoms with E-state index >= 15 is 0 Å². The number of hydrogen-bond donors (Lipinski definition) is 2. The third-order valence-corrected chi connectivity index (χ3v) is 4.86. The minimum Gasteiger partial charge on any atom is -0.376 e. The third kappa shape index (κ3) is 3.36. The topological polar surface area (TPSA) is 49.4 Å². The van der Waals surface area contributed by atoms with E-state index in [2.05, 4.69) is 42.1 Å². The van der Waals surface area contributed by atoms with Gasteiger partial charge >= 0.3 is 0 Å². The zero-order chi connectivity index (χ0) is 17.1. The summed E-state index contributed by atoms with van der Waals surface area (Å²) in [5.41, 5.74) is 0.833. The summed E-state index contributed by atoms with van der Waals surface area (Å²) in [7, 11) is 0. The van der Waals surface area contributed by atoms with Crippen LogP contribution in [0.25, 0.3) is 0 Å². The summed E-state index contributed by atoms with van der Waals surface area (Å²) in [5, 5.41) is 18.8. The van der Waals surface area contributed by atoms with Crippen LogP contribution in [0.5, 0.6) is 0 Å². The monoisotopic (exact) mass is 338 g/mol. The van der Waals surface area contributed by atoms with Gasteiger partial charge in [-0.2, -0.15) is 0 Å². The number of aliphatic hydroxyl groups is 1. The second kappa shape index (κ2) is 7.18. The molecule has 0 amide bonds. The molecule has 0 spiro atoms. The van der Waals surface area contributed by atoms with Gasteiger partial charge in [0.2, 0.25) is 5.84 Å². The molecule has 2 aliphatic heterocycles. The van der Waals surface area contributed by atoms with Crippen molar-refractivity contribution in [2.75, 3.05) is 0 Å². The molecule has 0 radical (unpaired) electrons. The molecule has 2 aliphatic rings. The van der Waals surface area contributed by atoms with Gasteiger partial charge in [-0.3, -0.25) is 0 Å². The Balaban J connectivity index is 1.86. The lowest BCUT2D eigenvalue weighted by Crippen LogP contribution is -3.12. The molecule has 4 nitrogen and oxygen atoms in total. The highest BCUT2D eigenvalue weighted by molar-refractivity contribution is 8.03. The lowest BCUT2D eigenvalue weighted by atomic mass is 10.1. The predicted molar refractivity (Wildman–Crippen MR) is 98.6 cm³/mol. The number of amidine groups is 2. The molecule has 0 saturated heterocycles. The molecule has 1 aromatic carbocycles. The van der Waals surface area contributed by atoms with Crippen molar-refractivity contribution < 1.29 is 10.0 Å². The molecule has 0 fully saturated rings. The van der Waals surface area contributed by atoms with Gasteiger partial charge in [0, 0.05) is 22.5 Å². The summed E-state index contributed by atoms with van der Waals surface area (Å²) in [6.07, 6.45) is 5.40. The normalized spacial score (nSPS) is 19.9. The van der Waals surface area contributed by atoms with Gasteiger partial charge in [0.05, 0.1) is 4.91 Å². The zero-order valence-electron chi connectivity index (χ0n) is 13.9. The maximum absolute atomic E-state index is 10.2. The molecule has 2 heterocycles. The van der Waals surface area contributed by atoms with Crippen LogP contribution < -0.4 is 4.90 Å². The highest BCUT2D eigenvalue weighted by Crippen LogP contribution is 2.33. The van der Waals surface area contributed by atoms with E-state index in [0.29, 0.717) is 5.92 Å². The maximum atomic E-state index is 10.2. The van der Waals surface area contributed by atoms with Gasteiger partial charge in [0.15, 0.2) is 0 Å². The molecule has 0 aromatic heterocycles. The smallest absolute Gasteiger partial charge is 0.256 e. The number of rotatable bonds is 4. The van der Waals surface area contributed by atoms with E-state index in [1.165, 1.54) is 0 Å². The van der Waals surface area contributed by atoms with Crippen LogP contribution in [-0.4, -0.2) is 16.8 Å². The Morgan fingerprint density at radius 2 is 1.96 bits per heavy atom. The fourth-order valence-corrected chi connectivity index (χ4v) is 3.61. The van der Waals surface area contributed by atoms with Crippen molar-refractivity contribution in [3.8, 4) is 11.8 Å². The number of fused-ring (bicyclic) bond motifs is 1. The van der Waals surface area contributed by atoms with E-state index in [4.69, 9.17) is 0 Å². The van der Waals surface area contributed by atoms with Gasteiger partial charge in [-0.15, -0.1) is 5.92 Å². The minimum atomic E-state index is -0.768. The standard InChI is InChI=1S/C19H19N3OS/c1-4-7-16(23)15-8-5-6-9-17(15)24-14-10-11-18-20-21-19(13(2)3)22(18)12-14/h5-6,8-13,16,23H,1-3H3/p+1. The summed E-state index contributed by atoms with van der Waals surface area (Å²) >= 11 is 1.62. The fraction of sp³-hybridized carbons (Fsp3) is 0.263. The van der Waals surface area contributed by atoms with Crippen LogP contribution in [0.3, 0.4) is 0 Å². The van der Waals surface area contributed by atoms with Gasteiger partial charge in [-0.1, -0.05) is 59.9 Å². The number of nitrogens with zero attached hydrogens (tertiary/aromatic N) is 2. The molecule has 24 heavy (non-hydrogen) atoms. The first kappa shape index (κ1) is 16.7. The highest BCUT2D eigenvalue weighted by atomic mass is 32.2. The molecule has 0 aliphatic carbocycles. The van der Waals surface area contributed by atoms with Crippen molar-refractivity contribution >= 4 is 23.4 Å². The van der Waals surface area contributed by atoms with Gasteiger partial charge in [-0.05, 0) is 19.1 Å². The van der Waals surface area contributed by atoms with E-state index in [-0.39, 0.29) is 0 Å². The summed E-state index contributed by atoms with van der Waals surface area (Å²) in [4.78, 5) is 3.20. The molecule has 3 rings (SSSR count). The number of nitrogens with one attached hydrogen (secondary N) is 1. The highest BCUT2D eigenvalue weighted by Gasteiger charge is 2.31. The number of quaternary nitrogens is 1. The Labute approximate surface area is 146 Å². The van der Waals surface area contributed by atoms with Crippen LogP contribution in [0.2, 0.25) is 0 Å². The quantitative estimate of drug-likeness (QED) is 0.829. The first-order valence-corrected chi connectivity index (χ1v) is 8.72. The average Bonchev–Trinajstić information content (AvgIpc) is 2.99. The summed E-state index contributed by atoms with van der Waals surface area (Å²) in [6, 6.07) is 7.82. The summed E-state index contributed by atoms with van der Waals surface area (Å²) in [6.45, 7) is 5.98. The lowest BCUT2D eigenvalue weighted by Gasteiger charge is -2.17. The molecule has 122 valence electrons. The molecule has 2 unspecified atom stereocenters. The number of aliphatic hydroxyl groups excluding tert-OH is 1. The predicted octanol–water partition coefficient (Wildman–Crippen LogP) is 2.51. The van der Waals surface area contributed by atoms with Crippen LogP contribution in [0.1, 0.15) is 32.4 Å². The Hall–Kier alpha value is -2.13. The molecular formula is C19H20N3OS+. The van der Waals surface area contributed by atoms with E-state index in [1.54, 1.807) is 18.7 Å². The van der Waals surface area contributed by atoms with Gasteiger partial charge in [0.1, 0.15) is 12.3 Å². The van der Waals surface area contributed by atoms with E-state index in [1.807, 2.05) is 36.4 Å². The van der Waals surface area contributed by atoms with Crippen molar-refractivity contribution in [2.24, 2.45) is 16.1 Å². The van der Waals surface area contributed by atoms with E-state index in [0.717, 1.165) is 31.9 Å². The molecule has 2 atom stereocenters. The Bertz CT molecular complexity index is 825. The van der Waals surface area contributed by atoms with Crippen molar-refractivity contribution in [1.82, 2.24) is 0 Å². The third-order valence-electron chi connectivity index (χ3n) is 3.78. The Kier molecular flexibility index (Phi) is 5.00. The number of allylic oxidation sites excluding steroid dienone is 1. The molecule has 0 saturated carbocycles. The number of hydrogen-bond acceptors (Lipinski definition) is 4.